The number of non-ortho nitro benzene ring substituents is 1. The number of benzene rings is 3. The molecule has 8 heteroatoms. The number of rotatable bonds is 8. The number of nitro groups is 1. The number of hydrogen-bond donors (Lipinski definition) is 1. The fraction of sp³-hybridized carbons (Fsp3) is 0.286. The molecule has 8 nitrogen and oxygen atoms in total. The molecule has 1 aliphatic heterocycles. The van der Waals surface area contributed by atoms with Crippen molar-refractivity contribution in [2.75, 3.05) is 26.6 Å². The quantitative estimate of drug-likeness (QED) is 0.286. The van der Waals surface area contributed by atoms with Crippen LogP contribution >= 0.6 is 0 Å². The van der Waals surface area contributed by atoms with E-state index in [1.54, 1.807) is 14.2 Å². The van der Waals surface area contributed by atoms with Crippen molar-refractivity contribution in [1.82, 2.24) is 0 Å². The Morgan fingerprint density at radius 1 is 0.889 bits per heavy atom. The fourth-order valence-electron chi connectivity index (χ4n) is 4.66. The molecule has 0 unspecified atom stereocenters. The Morgan fingerprint density at radius 2 is 1.61 bits per heavy atom. The number of nitrogens with zero attached hydrogens (tertiary/aromatic N) is 1. The SMILES string of the molecule is COc1ccc(-c2ccc3c(c2COc2cc([N+](=O)[O-])ccc2OC)C(C)=CC(C)(C)N3)c(OC)c1. The molecule has 0 radical (unpaired) electrons. The van der Waals surface area contributed by atoms with Gasteiger partial charge in [0.15, 0.2) is 11.5 Å². The Morgan fingerprint density at radius 3 is 2.28 bits per heavy atom. The van der Waals surface area contributed by atoms with Gasteiger partial charge < -0.3 is 24.3 Å². The van der Waals surface area contributed by atoms with Gasteiger partial charge in [0, 0.05) is 34.5 Å². The summed E-state index contributed by atoms with van der Waals surface area (Å²) in [5.41, 5.74) is 5.55. The molecule has 36 heavy (non-hydrogen) atoms. The molecule has 0 atom stereocenters. The molecule has 0 spiro atoms. The first-order valence-electron chi connectivity index (χ1n) is 11.5. The number of methoxy groups -OCH3 is 3. The van der Waals surface area contributed by atoms with Gasteiger partial charge >= 0.3 is 0 Å². The van der Waals surface area contributed by atoms with Gasteiger partial charge in [-0.25, -0.2) is 0 Å². The number of ether oxygens (including phenoxy) is 4. The van der Waals surface area contributed by atoms with E-state index in [4.69, 9.17) is 18.9 Å². The Labute approximate surface area is 210 Å². The van der Waals surface area contributed by atoms with Gasteiger partial charge in [-0.05, 0) is 56.2 Å². The number of anilines is 1. The van der Waals surface area contributed by atoms with Gasteiger partial charge in [0.25, 0.3) is 5.69 Å². The highest BCUT2D eigenvalue weighted by atomic mass is 16.6. The Balaban J connectivity index is 1.87. The van der Waals surface area contributed by atoms with Crippen LogP contribution in [0.25, 0.3) is 16.7 Å². The van der Waals surface area contributed by atoms with E-state index >= 15 is 0 Å². The summed E-state index contributed by atoms with van der Waals surface area (Å²) in [5.74, 6) is 2.06. The van der Waals surface area contributed by atoms with E-state index in [1.807, 2.05) is 24.3 Å². The van der Waals surface area contributed by atoms with Gasteiger partial charge in [0.05, 0.1) is 37.9 Å². The summed E-state index contributed by atoms with van der Waals surface area (Å²) in [6.07, 6.45) is 2.18. The minimum Gasteiger partial charge on any atom is -0.497 e. The lowest BCUT2D eigenvalue weighted by Gasteiger charge is -2.33. The van der Waals surface area contributed by atoms with Crippen LogP contribution in [-0.2, 0) is 6.61 Å². The zero-order valence-electron chi connectivity index (χ0n) is 21.3. The predicted molar refractivity (Wildman–Crippen MR) is 140 cm³/mol. The molecule has 4 rings (SSSR count). The molecule has 0 fully saturated rings. The van der Waals surface area contributed by atoms with Crippen LogP contribution in [0.2, 0.25) is 0 Å². The highest BCUT2D eigenvalue weighted by Gasteiger charge is 2.27. The molecule has 188 valence electrons. The van der Waals surface area contributed by atoms with Crippen LogP contribution < -0.4 is 24.3 Å². The first-order valence-corrected chi connectivity index (χ1v) is 11.5. The standard InChI is InChI=1S/C28H30N2O6/c1-17-15-28(2,3)29-23-11-10-20(21-9-8-19(33-4)14-25(21)35-6)22(27(17)23)16-36-26-13-18(30(31)32)7-12-24(26)34-5/h7-15,29H,16H2,1-6H3. The van der Waals surface area contributed by atoms with Crippen molar-refractivity contribution in [1.29, 1.82) is 0 Å². The van der Waals surface area contributed by atoms with Gasteiger partial charge in [0.2, 0.25) is 0 Å². The molecule has 3 aromatic carbocycles. The molecule has 3 aromatic rings. The van der Waals surface area contributed by atoms with Gasteiger partial charge in [0.1, 0.15) is 18.1 Å². The first-order chi connectivity index (χ1) is 17.2. The highest BCUT2D eigenvalue weighted by Crippen LogP contribution is 2.44. The summed E-state index contributed by atoms with van der Waals surface area (Å²) in [6.45, 7) is 6.46. The van der Waals surface area contributed by atoms with Crippen molar-refractivity contribution < 1.29 is 23.9 Å². The lowest BCUT2D eigenvalue weighted by Crippen LogP contribution is -2.32. The highest BCUT2D eigenvalue weighted by molar-refractivity contribution is 5.88. The van der Waals surface area contributed by atoms with Crippen LogP contribution in [0.5, 0.6) is 23.0 Å². The van der Waals surface area contributed by atoms with Crippen molar-refractivity contribution in [2.24, 2.45) is 0 Å². The summed E-state index contributed by atoms with van der Waals surface area (Å²) in [5, 5.41) is 14.9. The van der Waals surface area contributed by atoms with E-state index in [0.29, 0.717) is 23.0 Å². The minimum atomic E-state index is -0.455. The van der Waals surface area contributed by atoms with Crippen LogP contribution in [0.4, 0.5) is 11.4 Å². The van der Waals surface area contributed by atoms with Crippen molar-refractivity contribution in [3.63, 3.8) is 0 Å². The van der Waals surface area contributed by atoms with E-state index in [1.165, 1.54) is 25.3 Å². The van der Waals surface area contributed by atoms with Crippen molar-refractivity contribution in [2.45, 2.75) is 32.9 Å². The normalized spacial score (nSPS) is 13.7. The van der Waals surface area contributed by atoms with Crippen LogP contribution in [0, 0.1) is 10.1 Å². The van der Waals surface area contributed by atoms with E-state index in [-0.39, 0.29) is 17.8 Å². The maximum absolute atomic E-state index is 11.4. The van der Waals surface area contributed by atoms with Crippen LogP contribution in [0.3, 0.4) is 0 Å². The Kier molecular flexibility index (Phi) is 6.79. The third kappa shape index (κ3) is 4.79. The van der Waals surface area contributed by atoms with Gasteiger partial charge in [-0.15, -0.1) is 0 Å². The number of nitro benzene ring substituents is 1. The maximum Gasteiger partial charge on any atom is 0.273 e. The lowest BCUT2D eigenvalue weighted by molar-refractivity contribution is -0.385. The number of nitrogens with one attached hydrogen (secondary N) is 1. The smallest absolute Gasteiger partial charge is 0.273 e. The maximum atomic E-state index is 11.4. The molecule has 0 aliphatic carbocycles. The summed E-state index contributed by atoms with van der Waals surface area (Å²) in [4.78, 5) is 10.9. The minimum absolute atomic E-state index is 0.0718. The molecule has 1 heterocycles. The third-order valence-corrected chi connectivity index (χ3v) is 6.17. The Bertz CT molecular complexity index is 1350. The molecule has 0 bridgehead atoms. The van der Waals surface area contributed by atoms with Crippen molar-refractivity contribution >= 4 is 16.9 Å². The monoisotopic (exact) mass is 490 g/mol. The number of allylic oxidation sites excluding steroid dienone is 1. The largest absolute Gasteiger partial charge is 0.497 e. The first kappa shape index (κ1) is 24.9. The lowest BCUT2D eigenvalue weighted by atomic mass is 9.85. The molecule has 0 saturated carbocycles. The summed E-state index contributed by atoms with van der Waals surface area (Å²) < 4.78 is 22.7. The van der Waals surface area contributed by atoms with Crippen LogP contribution in [0.15, 0.2) is 54.6 Å². The zero-order chi connectivity index (χ0) is 26.0. The summed E-state index contributed by atoms with van der Waals surface area (Å²) in [7, 11) is 4.74. The second-order valence-electron chi connectivity index (χ2n) is 9.14. The second-order valence-corrected chi connectivity index (χ2v) is 9.14. The zero-order valence-corrected chi connectivity index (χ0v) is 21.3. The average Bonchev–Trinajstić information content (AvgIpc) is 2.85. The molecular weight excluding hydrogens is 460 g/mol. The molecule has 1 N–H and O–H groups in total. The molecule has 0 aromatic heterocycles. The van der Waals surface area contributed by atoms with Gasteiger partial charge in [-0.3, -0.25) is 10.1 Å². The molecule has 1 aliphatic rings. The fourth-order valence-corrected chi connectivity index (χ4v) is 4.66. The van der Waals surface area contributed by atoms with Crippen LogP contribution in [-0.4, -0.2) is 31.8 Å². The van der Waals surface area contributed by atoms with Crippen molar-refractivity contribution in [3.05, 3.63) is 75.8 Å². The molecule has 0 amide bonds. The summed E-state index contributed by atoms with van der Waals surface area (Å²) >= 11 is 0. The predicted octanol–water partition coefficient (Wildman–Crippen LogP) is 6.47. The van der Waals surface area contributed by atoms with E-state index in [0.717, 1.165) is 33.5 Å². The van der Waals surface area contributed by atoms with E-state index in [9.17, 15) is 10.1 Å². The second kappa shape index (κ2) is 9.81. The summed E-state index contributed by atoms with van der Waals surface area (Å²) in [6, 6.07) is 14.1. The van der Waals surface area contributed by atoms with Gasteiger partial charge in [-0.2, -0.15) is 0 Å². The number of fused-ring (bicyclic) bond motifs is 1. The van der Waals surface area contributed by atoms with Crippen LogP contribution in [0.1, 0.15) is 31.9 Å². The van der Waals surface area contributed by atoms with Gasteiger partial charge in [-0.1, -0.05) is 12.1 Å². The molecular formula is C28H30N2O6. The van der Waals surface area contributed by atoms with Crippen molar-refractivity contribution in [3.8, 4) is 34.1 Å². The third-order valence-electron chi connectivity index (χ3n) is 6.17. The van der Waals surface area contributed by atoms with E-state index < -0.39 is 4.92 Å². The average molecular weight is 491 g/mol. The number of hydrogen-bond acceptors (Lipinski definition) is 7. The Hall–Kier alpha value is -4.20. The molecule has 0 saturated heterocycles. The topological polar surface area (TPSA) is 92.1 Å². The van der Waals surface area contributed by atoms with E-state index in [2.05, 4.69) is 38.2 Å².